The van der Waals surface area contributed by atoms with E-state index in [0.29, 0.717) is 22.8 Å². The summed E-state index contributed by atoms with van der Waals surface area (Å²) in [6, 6.07) is 20.6. The molecule has 0 spiro atoms. The fourth-order valence-electron chi connectivity index (χ4n) is 4.43. The molecule has 42 heavy (non-hydrogen) atoms. The van der Waals surface area contributed by atoms with Crippen LogP contribution in [-0.4, -0.2) is 48.3 Å². The van der Waals surface area contributed by atoms with Gasteiger partial charge in [-0.3, -0.25) is 14.4 Å². The smallest absolute Gasteiger partial charge is 0.270 e. The first-order chi connectivity index (χ1) is 20.3. The predicted molar refractivity (Wildman–Crippen MR) is 158 cm³/mol. The molecule has 0 aliphatic carbocycles. The minimum Gasteiger partial charge on any atom is -0.493 e. The Labute approximate surface area is 247 Å². The third-order valence-corrected chi connectivity index (χ3v) is 7.34. The predicted octanol–water partition coefficient (Wildman–Crippen LogP) is 3.55. The lowest BCUT2D eigenvalue weighted by Crippen LogP contribution is -2.43. The molecule has 0 saturated heterocycles. The SMILES string of the molecule is COc1cc([C@@H](C(=O)NCc2ccccc2)N(Cc2ccccc2)C(=O)c2snc(C(N)=O)c2N)cc(OC)c1OC. The van der Waals surface area contributed by atoms with E-state index in [1.54, 1.807) is 12.1 Å². The average Bonchev–Trinajstić information content (AvgIpc) is 3.41. The van der Waals surface area contributed by atoms with E-state index in [4.69, 9.17) is 25.7 Å². The van der Waals surface area contributed by atoms with Crippen molar-refractivity contribution in [3.63, 3.8) is 0 Å². The molecule has 5 N–H and O–H groups in total. The first-order valence-electron chi connectivity index (χ1n) is 12.8. The van der Waals surface area contributed by atoms with Gasteiger partial charge in [-0.15, -0.1) is 0 Å². The number of amides is 3. The van der Waals surface area contributed by atoms with E-state index in [2.05, 4.69) is 9.69 Å². The summed E-state index contributed by atoms with van der Waals surface area (Å²) < 4.78 is 20.6. The number of primary amides is 1. The van der Waals surface area contributed by atoms with Crippen LogP contribution in [0.4, 0.5) is 5.69 Å². The van der Waals surface area contributed by atoms with Crippen LogP contribution in [-0.2, 0) is 17.9 Å². The number of carbonyl (C=O) groups is 3. The second-order valence-corrected chi connectivity index (χ2v) is 9.89. The maximum atomic E-state index is 14.2. The van der Waals surface area contributed by atoms with Crippen molar-refractivity contribution in [2.75, 3.05) is 27.1 Å². The largest absolute Gasteiger partial charge is 0.493 e. The van der Waals surface area contributed by atoms with Crippen molar-refractivity contribution in [3.8, 4) is 17.2 Å². The standard InChI is InChI=1S/C30H31N5O6S/c1-39-21-14-20(15-22(40-2)26(21)41-3)25(29(37)33-16-18-10-6-4-7-11-18)35(17-19-12-8-5-9-13-19)30(38)27-23(31)24(28(32)36)34-42-27/h4-15,25H,16-17,31H2,1-3H3,(H2,32,36)(H,33,37)/t25-/m0/s1. The highest BCUT2D eigenvalue weighted by molar-refractivity contribution is 7.09. The van der Waals surface area contributed by atoms with E-state index in [-0.39, 0.29) is 29.3 Å². The topological polar surface area (TPSA) is 159 Å². The zero-order chi connectivity index (χ0) is 30.2. The molecule has 3 aromatic carbocycles. The summed E-state index contributed by atoms with van der Waals surface area (Å²) in [4.78, 5) is 41.5. The molecule has 0 bridgehead atoms. The van der Waals surface area contributed by atoms with Crippen LogP contribution in [0.5, 0.6) is 17.2 Å². The lowest BCUT2D eigenvalue weighted by Gasteiger charge is -2.32. The Kier molecular flexibility index (Phi) is 9.61. The second kappa shape index (κ2) is 13.5. The summed E-state index contributed by atoms with van der Waals surface area (Å²) in [5, 5.41) is 2.95. The van der Waals surface area contributed by atoms with Crippen LogP contribution in [0.3, 0.4) is 0 Å². The van der Waals surface area contributed by atoms with E-state index < -0.39 is 23.8 Å². The average molecular weight is 590 g/mol. The fraction of sp³-hybridized carbons (Fsp3) is 0.200. The van der Waals surface area contributed by atoms with Gasteiger partial charge < -0.3 is 35.9 Å². The monoisotopic (exact) mass is 589 g/mol. The number of hydrogen-bond donors (Lipinski definition) is 3. The number of rotatable bonds is 12. The molecule has 218 valence electrons. The number of ether oxygens (including phenoxy) is 3. The zero-order valence-electron chi connectivity index (χ0n) is 23.3. The van der Waals surface area contributed by atoms with Gasteiger partial charge in [0.15, 0.2) is 17.2 Å². The lowest BCUT2D eigenvalue weighted by molar-refractivity contribution is -0.126. The second-order valence-electron chi connectivity index (χ2n) is 9.12. The number of nitrogens with two attached hydrogens (primary N) is 2. The van der Waals surface area contributed by atoms with Crippen LogP contribution in [0.25, 0.3) is 0 Å². The van der Waals surface area contributed by atoms with E-state index in [1.165, 1.54) is 26.2 Å². The molecule has 0 aliphatic heterocycles. The van der Waals surface area contributed by atoms with Gasteiger partial charge in [-0.05, 0) is 40.4 Å². The van der Waals surface area contributed by atoms with Crippen molar-refractivity contribution in [1.82, 2.24) is 14.6 Å². The molecule has 0 aliphatic rings. The molecule has 0 unspecified atom stereocenters. The van der Waals surface area contributed by atoms with Crippen LogP contribution in [0.15, 0.2) is 72.8 Å². The van der Waals surface area contributed by atoms with Gasteiger partial charge in [0.2, 0.25) is 11.7 Å². The summed E-state index contributed by atoms with van der Waals surface area (Å²) >= 11 is 0.739. The Bertz CT molecular complexity index is 1540. The Morgan fingerprint density at radius 2 is 1.48 bits per heavy atom. The molecule has 0 radical (unpaired) electrons. The molecule has 4 rings (SSSR count). The van der Waals surface area contributed by atoms with Gasteiger partial charge in [0.1, 0.15) is 10.9 Å². The number of methoxy groups -OCH3 is 3. The number of nitrogens with zero attached hydrogens (tertiary/aromatic N) is 2. The number of carbonyl (C=O) groups excluding carboxylic acids is 3. The number of nitrogen functional groups attached to an aromatic ring is 1. The van der Waals surface area contributed by atoms with Gasteiger partial charge in [-0.25, -0.2) is 0 Å². The Hall–Kier alpha value is -5.10. The van der Waals surface area contributed by atoms with Gasteiger partial charge >= 0.3 is 0 Å². The van der Waals surface area contributed by atoms with Crippen LogP contribution in [0.1, 0.15) is 42.9 Å². The van der Waals surface area contributed by atoms with Crippen molar-refractivity contribution >= 4 is 34.9 Å². The van der Waals surface area contributed by atoms with Crippen molar-refractivity contribution in [2.24, 2.45) is 5.73 Å². The fourth-order valence-corrected chi connectivity index (χ4v) is 5.20. The maximum absolute atomic E-state index is 14.2. The summed E-state index contributed by atoms with van der Waals surface area (Å²) in [6.07, 6.45) is 0. The van der Waals surface area contributed by atoms with Crippen molar-refractivity contribution in [2.45, 2.75) is 19.1 Å². The molecular formula is C30H31N5O6S. The number of benzene rings is 3. The minimum absolute atomic E-state index is 0.0169. The van der Waals surface area contributed by atoms with Crippen LogP contribution >= 0.6 is 11.5 Å². The number of hydrogen-bond acceptors (Lipinski definition) is 9. The highest BCUT2D eigenvalue weighted by Crippen LogP contribution is 2.41. The molecule has 4 aromatic rings. The Morgan fingerprint density at radius 3 is 1.98 bits per heavy atom. The summed E-state index contributed by atoms with van der Waals surface area (Å²) in [6.45, 7) is 0.228. The zero-order valence-corrected chi connectivity index (χ0v) is 24.1. The van der Waals surface area contributed by atoms with Gasteiger partial charge in [-0.1, -0.05) is 60.7 Å². The number of anilines is 1. The van der Waals surface area contributed by atoms with Gasteiger partial charge in [0, 0.05) is 13.1 Å². The van der Waals surface area contributed by atoms with Crippen LogP contribution in [0, 0.1) is 0 Å². The number of aromatic nitrogens is 1. The van der Waals surface area contributed by atoms with Crippen molar-refractivity contribution in [3.05, 3.63) is 100 Å². The highest BCUT2D eigenvalue weighted by atomic mass is 32.1. The van der Waals surface area contributed by atoms with Crippen molar-refractivity contribution < 1.29 is 28.6 Å². The molecule has 3 amide bonds. The first kappa shape index (κ1) is 29.9. The molecule has 1 atom stereocenters. The molecule has 1 aromatic heterocycles. The summed E-state index contributed by atoms with van der Waals surface area (Å²) in [5.74, 6) is -1.03. The van der Waals surface area contributed by atoms with Gasteiger partial charge in [0.05, 0.1) is 27.0 Å². The van der Waals surface area contributed by atoms with E-state index in [1.807, 2.05) is 60.7 Å². The van der Waals surface area contributed by atoms with Crippen LogP contribution in [0.2, 0.25) is 0 Å². The van der Waals surface area contributed by atoms with Gasteiger partial charge in [-0.2, -0.15) is 4.37 Å². The third-order valence-electron chi connectivity index (χ3n) is 6.48. The highest BCUT2D eigenvalue weighted by Gasteiger charge is 2.36. The molecule has 1 heterocycles. The number of nitrogens with one attached hydrogen (secondary N) is 1. The van der Waals surface area contributed by atoms with E-state index in [9.17, 15) is 14.4 Å². The first-order valence-corrected chi connectivity index (χ1v) is 13.6. The molecule has 11 nitrogen and oxygen atoms in total. The third kappa shape index (κ3) is 6.44. The molecular weight excluding hydrogens is 558 g/mol. The quantitative estimate of drug-likeness (QED) is 0.226. The lowest BCUT2D eigenvalue weighted by atomic mass is 10.0. The Balaban J connectivity index is 1.88. The summed E-state index contributed by atoms with van der Waals surface area (Å²) in [5.41, 5.74) is 13.2. The molecule has 0 saturated carbocycles. The normalized spacial score (nSPS) is 11.3. The summed E-state index contributed by atoms with van der Waals surface area (Å²) in [7, 11) is 4.39. The molecule has 12 heteroatoms. The van der Waals surface area contributed by atoms with Crippen LogP contribution < -0.4 is 31.0 Å². The van der Waals surface area contributed by atoms with Crippen molar-refractivity contribution in [1.29, 1.82) is 0 Å². The van der Waals surface area contributed by atoms with Gasteiger partial charge in [0.25, 0.3) is 11.8 Å². The van der Waals surface area contributed by atoms with E-state index >= 15 is 0 Å². The Morgan fingerprint density at radius 1 is 0.905 bits per heavy atom. The minimum atomic E-state index is -1.20. The van der Waals surface area contributed by atoms with E-state index in [0.717, 1.165) is 22.7 Å². The molecule has 0 fully saturated rings. The maximum Gasteiger partial charge on any atom is 0.270 e.